The van der Waals surface area contributed by atoms with E-state index in [9.17, 15) is 18.0 Å². The molecule has 0 fully saturated rings. The highest BCUT2D eigenvalue weighted by molar-refractivity contribution is 7.92. The first-order valence-electron chi connectivity index (χ1n) is 11.8. The summed E-state index contributed by atoms with van der Waals surface area (Å²) in [5.74, 6) is 0.210. The standard InChI is InChI=1S/C26H37N3O5S/c1-6-20(2)27-26(31)21(3)28(19-22-11-8-7-9-12-22)25(30)13-10-18-29(35(5,32)33)23-14-16-24(34-4)17-15-23/h7-9,11-12,14-17,20-21H,6,10,13,18-19H2,1-5H3,(H,27,31)/t20-,21-/m1/s1. The lowest BCUT2D eigenvalue weighted by Gasteiger charge is -2.30. The molecule has 0 radical (unpaired) electrons. The molecular weight excluding hydrogens is 466 g/mol. The Labute approximate surface area is 209 Å². The zero-order valence-electron chi connectivity index (χ0n) is 21.2. The fraction of sp³-hybridized carbons (Fsp3) is 0.462. The zero-order valence-corrected chi connectivity index (χ0v) is 22.0. The van der Waals surface area contributed by atoms with Crippen LogP contribution >= 0.6 is 0 Å². The van der Waals surface area contributed by atoms with Crippen molar-refractivity contribution in [2.45, 2.75) is 58.7 Å². The summed E-state index contributed by atoms with van der Waals surface area (Å²) in [5, 5.41) is 2.94. The Balaban J connectivity index is 2.13. The van der Waals surface area contributed by atoms with Gasteiger partial charge in [0, 0.05) is 25.6 Å². The molecule has 0 aliphatic carbocycles. The molecule has 0 saturated carbocycles. The van der Waals surface area contributed by atoms with Crippen molar-refractivity contribution in [2.24, 2.45) is 0 Å². The minimum atomic E-state index is -3.55. The molecule has 0 saturated heterocycles. The minimum absolute atomic E-state index is 0.00597. The van der Waals surface area contributed by atoms with Crippen LogP contribution in [0, 0.1) is 0 Å². The number of carbonyl (C=O) groups excluding carboxylic acids is 2. The van der Waals surface area contributed by atoms with Gasteiger partial charge in [0.25, 0.3) is 0 Å². The summed E-state index contributed by atoms with van der Waals surface area (Å²) in [6.45, 7) is 6.07. The molecule has 0 aliphatic rings. The van der Waals surface area contributed by atoms with Gasteiger partial charge in [-0.05, 0) is 56.5 Å². The van der Waals surface area contributed by atoms with Crippen LogP contribution in [0.2, 0.25) is 0 Å². The number of hydrogen-bond acceptors (Lipinski definition) is 5. The average molecular weight is 504 g/mol. The first kappa shape index (κ1) is 28.2. The van der Waals surface area contributed by atoms with Gasteiger partial charge in [0.1, 0.15) is 11.8 Å². The normalized spacial score (nSPS) is 12.9. The second-order valence-electron chi connectivity index (χ2n) is 8.64. The summed E-state index contributed by atoms with van der Waals surface area (Å²) in [6.07, 6.45) is 2.35. The topological polar surface area (TPSA) is 96.0 Å². The summed E-state index contributed by atoms with van der Waals surface area (Å²) < 4.78 is 31.2. The van der Waals surface area contributed by atoms with Crippen LogP contribution in [0.15, 0.2) is 54.6 Å². The maximum Gasteiger partial charge on any atom is 0.242 e. The van der Waals surface area contributed by atoms with Gasteiger partial charge in [-0.15, -0.1) is 0 Å². The molecule has 2 amide bonds. The van der Waals surface area contributed by atoms with Gasteiger partial charge in [0.2, 0.25) is 21.8 Å². The first-order valence-corrected chi connectivity index (χ1v) is 13.7. The van der Waals surface area contributed by atoms with Gasteiger partial charge in [0.15, 0.2) is 0 Å². The van der Waals surface area contributed by atoms with Crippen LogP contribution in [0.25, 0.3) is 0 Å². The van der Waals surface area contributed by atoms with E-state index in [1.807, 2.05) is 44.2 Å². The molecule has 0 unspecified atom stereocenters. The quantitative estimate of drug-likeness (QED) is 0.451. The molecule has 2 aromatic rings. The van der Waals surface area contributed by atoms with Crippen molar-refractivity contribution in [2.75, 3.05) is 24.2 Å². The largest absolute Gasteiger partial charge is 0.497 e. The summed E-state index contributed by atoms with van der Waals surface area (Å²) in [4.78, 5) is 27.6. The van der Waals surface area contributed by atoms with E-state index in [1.54, 1.807) is 43.2 Å². The van der Waals surface area contributed by atoms with Gasteiger partial charge in [-0.3, -0.25) is 13.9 Å². The van der Waals surface area contributed by atoms with Crippen molar-refractivity contribution in [1.29, 1.82) is 0 Å². The van der Waals surface area contributed by atoms with Gasteiger partial charge in [0.05, 0.1) is 19.1 Å². The molecule has 1 N–H and O–H groups in total. The van der Waals surface area contributed by atoms with E-state index >= 15 is 0 Å². The highest BCUT2D eigenvalue weighted by Gasteiger charge is 2.27. The van der Waals surface area contributed by atoms with Crippen LogP contribution in [0.5, 0.6) is 5.75 Å². The number of hydrogen-bond donors (Lipinski definition) is 1. The number of ether oxygens (including phenoxy) is 1. The van der Waals surface area contributed by atoms with E-state index in [0.717, 1.165) is 18.2 Å². The van der Waals surface area contributed by atoms with E-state index < -0.39 is 16.1 Å². The lowest BCUT2D eigenvalue weighted by atomic mass is 10.1. The Morgan fingerprint density at radius 1 is 1.03 bits per heavy atom. The Hall–Kier alpha value is -3.07. The van der Waals surface area contributed by atoms with E-state index in [0.29, 0.717) is 24.4 Å². The zero-order chi connectivity index (χ0) is 26.0. The van der Waals surface area contributed by atoms with Crippen LogP contribution in [0.3, 0.4) is 0 Å². The molecule has 0 heterocycles. The second-order valence-corrected chi connectivity index (χ2v) is 10.5. The van der Waals surface area contributed by atoms with Crippen LogP contribution in [0.4, 0.5) is 5.69 Å². The molecule has 2 atom stereocenters. The molecule has 0 spiro atoms. The third-order valence-corrected chi connectivity index (χ3v) is 7.07. The fourth-order valence-electron chi connectivity index (χ4n) is 3.58. The third kappa shape index (κ3) is 8.58. The highest BCUT2D eigenvalue weighted by atomic mass is 32.2. The van der Waals surface area contributed by atoms with Gasteiger partial charge < -0.3 is 15.0 Å². The van der Waals surface area contributed by atoms with Crippen LogP contribution in [-0.4, -0.2) is 57.1 Å². The molecule has 2 aromatic carbocycles. The number of carbonyl (C=O) groups is 2. The molecule has 0 bridgehead atoms. The lowest BCUT2D eigenvalue weighted by molar-refractivity contribution is -0.140. The molecule has 2 rings (SSSR count). The number of methoxy groups -OCH3 is 1. The van der Waals surface area contributed by atoms with Crippen molar-refractivity contribution in [3.8, 4) is 5.75 Å². The number of benzene rings is 2. The van der Waals surface area contributed by atoms with Gasteiger partial charge in [-0.2, -0.15) is 0 Å². The predicted octanol–water partition coefficient (Wildman–Crippen LogP) is 3.57. The second kappa shape index (κ2) is 13.1. The maximum absolute atomic E-state index is 13.3. The molecule has 0 aliphatic heterocycles. The number of sulfonamides is 1. The van der Waals surface area contributed by atoms with E-state index in [-0.39, 0.29) is 30.8 Å². The highest BCUT2D eigenvalue weighted by Crippen LogP contribution is 2.22. The van der Waals surface area contributed by atoms with E-state index in [2.05, 4.69) is 5.32 Å². The monoisotopic (exact) mass is 503 g/mol. The summed E-state index contributed by atoms with van der Waals surface area (Å²) >= 11 is 0. The smallest absolute Gasteiger partial charge is 0.242 e. The number of rotatable bonds is 13. The number of amides is 2. The van der Waals surface area contributed by atoms with Gasteiger partial charge in [-0.1, -0.05) is 37.3 Å². The SMILES string of the molecule is CC[C@@H](C)NC(=O)[C@@H](C)N(Cc1ccccc1)C(=O)CCCN(c1ccc(OC)cc1)S(C)(=O)=O. The molecule has 8 nitrogen and oxygen atoms in total. The van der Waals surface area contributed by atoms with Crippen LogP contribution in [0.1, 0.15) is 45.6 Å². The Bertz CT molecular complexity index is 1060. The van der Waals surface area contributed by atoms with Crippen molar-refractivity contribution in [3.63, 3.8) is 0 Å². The Morgan fingerprint density at radius 2 is 1.66 bits per heavy atom. The number of nitrogens with zero attached hydrogens (tertiary/aromatic N) is 2. The molecule has 9 heteroatoms. The van der Waals surface area contributed by atoms with Crippen LogP contribution in [-0.2, 0) is 26.2 Å². The summed E-state index contributed by atoms with van der Waals surface area (Å²) in [5.41, 5.74) is 1.42. The summed E-state index contributed by atoms with van der Waals surface area (Å²) in [7, 11) is -2.00. The average Bonchev–Trinajstić information content (AvgIpc) is 2.84. The number of anilines is 1. The fourth-order valence-corrected chi connectivity index (χ4v) is 4.55. The van der Waals surface area contributed by atoms with Gasteiger partial charge in [-0.25, -0.2) is 8.42 Å². The third-order valence-electron chi connectivity index (χ3n) is 5.88. The molecule has 192 valence electrons. The maximum atomic E-state index is 13.3. The first-order chi connectivity index (χ1) is 16.6. The van der Waals surface area contributed by atoms with E-state index in [1.165, 1.54) is 4.31 Å². The van der Waals surface area contributed by atoms with Crippen molar-refractivity contribution >= 4 is 27.5 Å². The summed E-state index contributed by atoms with van der Waals surface area (Å²) in [6, 6.07) is 15.6. The lowest BCUT2D eigenvalue weighted by Crippen LogP contribution is -2.49. The van der Waals surface area contributed by atoms with Crippen molar-refractivity contribution < 1.29 is 22.7 Å². The minimum Gasteiger partial charge on any atom is -0.497 e. The van der Waals surface area contributed by atoms with Crippen molar-refractivity contribution in [1.82, 2.24) is 10.2 Å². The van der Waals surface area contributed by atoms with Crippen molar-refractivity contribution in [3.05, 3.63) is 60.2 Å². The van der Waals surface area contributed by atoms with E-state index in [4.69, 9.17) is 4.74 Å². The van der Waals surface area contributed by atoms with Crippen LogP contribution < -0.4 is 14.4 Å². The Morgan fingerprint density at radius 3 is 2.20 bits per heavy atom. The predicted molar refractivity (Wildman–Crippen MR) is 139 cm³/mol. The Kier molecular flexibility index (Phi) is 10.6. The molecule has 0 aromatic heterocycles. The number of nitrogens with one attached hydrogen (secondary N) is 1. The molecular formula is C26H37N3O5S. The van der Waals surface area contributed by atoms with Gasteiger partial charge >= 0.3 is 0 Å². The molecule has 35 heavy (non-hydrogen) atoms.